The second kappa shape index (κ2) is 3.16. The first kappa shape index (κ1) is 8.89. The smallest absolute Gasteiger partial charge is 0.166 e. The second-order valence-corrected chi connectivity index (χ2v) is 3.48. The van der Waals surface area contributed by atoms with Crippen LogP contribution in [0.4, 0.5) is 13.2 Å². The van der Waals surface area contributed by atoms with Gasteiger partial charge < -0.3 is 0 Å². The van der Waals surface area contributed by atoms with Crippen LogP contribution in [0.25, 0.3) is 0 Å². The molecule has 0 radical (unpaired) electrons. The van der Waals surface area contributed by atoms with Gasteiger partial charge in [-0.2, -0.15) is 13.2 Å². The topological polar surface area (TPSA) is 17.1 Å². The number of rotatable bonds is 2. The maximum atomic E-state index is 11.3. The first-order valence-electron chi connectivity index (χ1n) is 2.44. The summed E-state index contributed by atoms with van der Waals surface area (Å²) in [4.78, 5) is 0. The van der Waals surface area contributed by atoms with Crippen LogP contribution in [-0.4, -0.2) is 18.5 Å². The first-order chi connectivity index (χ1) is 3.95. The van der Waals surface area contributed by atoms with Crippen LogP contribution in [0, 0.1) is 0 Å². The SMILES string of the molecule is CC[P+](=O)CC(F)(F)F. The van der Waals surface area contributed by atoms with Crippen molar-refractivity contribution in [1.29, 1.82) is 0 Å². The number of hydrogen-bond acceptors (Lipinski definition) is 1. The Morgan fingerprint density at radius 3 is 2.00 bits per heavy atom. The van der Waals surface area contributed by atoms with Crippen LogP contribution in [0.15, 0.2) is 0 Å². The summed E-state index contributed by atoms with van der Waals surface area (Å²) in [6.45, 7) is 1.48. The van der Waals surface area contributed by atoms with E-state index in [1.165, 1.54) is 6.92 Å². The van der Waals surface area contributed by atoms with Crippen LogP contribution >= 0.6 is 7.80 Å². The minimum absolute atomic E-state index is 0.106. The molecule has 1 atom stereocenters. The second-order valence-electron chi connectivity index (χ2n) is 1.57. The summed E-state index contributed by atoms with van der Waals surface area (Å²) in [6.07, 6.45) is -5.29. The number of halogens is 3. The summed E-state index contributed by atoms with van der Waals surface area (Å²) < 4.78 is 44.2. The van der Waals surface area contributed by atoms with E-state index in [0.29, 0.717) is 0 Å². The zero-order valence-corrected chi connectivity index (χ0v) is 5.80. The summed E-state index contributed by atoms with van der Waals surface area (Å²) in [6, 6.07) is 0. The van der Waals surface area contributed by atoms with Crippen molar-refractivity contribution in [3.05, 3.63) is 0 Å². The molecule has 0 aliphatic rings. The molecule has 0 N–H and O–H groups in total. The Kier molecular flexibility index (Phi) is 3.12. The van der Waals surface area contributed by atoms with Gasteiger partial charge in [-0.05, 0) is 6.92 Å². The summed E-state index contributed by atoms with van der Waals surface area (Å²) in [7, 11) is -2.04. The zero-order chi connectivity index (χ0) is 7.49. The fourth-order valence-corrected chi connectivity index (χ4v) is 0.935. The van der Waals surface area contributed by atoms with Gasteiger partial charge >= 0.3 is 14.0 Å². The van der Waals surface area contributed by atoms with Crippen molar-refractivity contribution in [2.75, 3.05) is 12.3 Å². The molecule has 0 heterocycles. The molecule has 0 bridgehead atoms. The van der Waals surface area contributed by atoms with Crippen molar-refractivity contribution in [3.63, 3.8) is 0 Å². The third-order valence-corrected chi connectivity index (χ3v) is 2.13. The van der Waals surface area contributed by atoms with E-state index < -0.39 is 20.1 Å². The predicted octanol–water partition coefficient (Wildman–Crippen LogP) is 2.40. The van der Waals surface area contributed by atoms with E-state index in [0.717, 1.165) is 0 Å². The van der Waals surface area contributed by atoms with Crippen LogP contribution < -0.4 is 0 Å². The van der Waals surface area contributed by atoms with E-state index in [2.05, 4.69) is 0 Å². The maximum Gasteiger partial charge on any atom is 0.432 e. The van der Waals surface area contributed by atoms with Gasteiger partial charge in [0.25, 0.3) is 0 Å². The molecule has 0 saturated carbocycles. The molecular formula is C4H7F3OP+. The minimum Gasteiger partial charge on any atom is -0.166 e. The molecule has 54 valence electrons. The van der Waals surface area contributed by atoms with Gasteiger partial charge in [0.05, 0.1) is 0 Å². The maximum absolute atomic E-state index is 11.3. The summed E-state index contributed by atoms with van der Waals surface area (Å²) in [5.74, 6) is 0. The van der Waals surface area contributed by atoms with E-state index >= 15 is 0 Å². The van der Waals surface area contributed by atoms with Crippen LogP contribution in [-0.2, 0) is 4.57 Å². The lowest BCUT2D eigenvalue weighted by Crippen LogP contribution is -2.10. The molecule has 5 heteroatoms. The summed E-state index contributed by atoms with van der Waals surface area (Å²) in [5, 5.41) is 0. The lowest BCUT2D eigenvalue weighted by Gasteiger charge is -1.94. The highest BCUT2D eigenvalue weighted by Gasteiger charge is 2.37. The molecule has 0 aromatic heterocycles. The van der Waals surface area contributed by atoms with Gasteiger partial charge in [0.15, 0.2) is 0 Å². The molecule has 1 unspecified atom stereocenters. The molecule has 0 spiro atoms. The number of alkyl halides is 3. The molecular weight excluding hydrogens is 152 g/mol. The molecule has 0 aliphatic carbocycles. The number of hydrogen-bond donors (Lipinski definition) is 0. The molecule has 0 aliphatic heterocycles. The van der Waals surface area contributed by atoms with E-state index in [1.54, 1.807) is 0 Å². The predicted molar refractivity (Wildman–Crippen MR) is 29.1 cm³/mol. The van der Waals surface area contributed by atoms with Crippen molar-refractivity contribution in [2.24, 2.45) is 0 Å². The van der Waals surface area contributed by atoms with Gasteiger partial charge in [0.1, 0.15) is 6.16 Å². The normalized spacial score (nSPS) is 13.6. The third kappa shape index (κ3) is 5.77. The molecule has 9 heavy (non-hydrogen) atoms. The van der Waals surface area contributed by atoms with Gasteiger partial charge in [0.2, 0.25) is 6.16 Å². The van der Waals surface area contributed by atoms with Crippen LogP contribution in [0.3, 0.4) is 0 Å². The van der Waals surface area contributed by atoms with Crippen molar-refractivity contribution >= 4 is 7.80 Å². The van der Waals surface area contributed by atoms with Crippen LogP contribution in [0.1, 0.15) is 6.92 Å². The Morgan fingerprint density at radius 2 is 1.89 bits per heavy atom. The highest BCUT2D eigenvalue weighted by atomic mass is 31.1. The van der Waals surface area contributed by atoms with Gasteiger partial charge in [-0.25, -0.2) is 0 Å². The first-order valence-corrected chi connectivity index (χ1v) is 4.07. The lowest BCUT2D eigenvalue weighted by molar-refractivity contribution is -0.106. The zero-order valence-electron chi connectivity index (χ0n) is 4.90. The summed E-state index contributed by atoms with van der Waals surface area (Å²) in [5.41, 5.74) is 0. The molecule has 0 aromatic carbocycles. The van der Waals surface area contributed by atoms with Gasteiger partial charge in [-0.15, -0.1) is 0 Å². The van der Waals surface area contributed by atoms with Gasteiger partial charge in [-0.3, -0.25) is 0 Å². The quantitative estimate of drug-likeness (QED) is 0.565. The average Bonchev–Trinajstić information content (AvgIpc) is 1.62. The molecule has 0 saturated heterocycles. The van der Waals surface area contributed by atoms with Crippen molar-refractivity contribution in [3.8, 4) is 0 Å². The fraction of sp³-hybridized carbons (Fsp3) is 1.00. The van der Waals surface area contributed by atoms with Gasteiger partial charge in [-0.1, -0.05) is 4.57 Å². The highest BCUT2D eigenvalue weighted by molar-refractivity contribution is 7.44. The molecule has 0 fully saturated rings. The highest BCUT2D eigenvalue weighted by Crippen LogP contribution is 2.29. The lowest BCUT2D eigenvalue weighted by atomic mass is 10.8. The Bertz CT molecular complexity index is 109. The largest absolute Gasteiger partial charge is 0.432 e. The van der Waals surface area contributed by atoms with E-state index in [4.69, 9.17) is 0 Å². The Morgan fingerprint density at radius 1 is 1.44 bits per heavy atom. The Labute approximate surface area is 52.0 Å². The van der Waals surface area contributed by atoms with E-state index in [1.807, 2.05) is 0 Å². The van der Waals surface area contributed by atoms with E-state index in [9.17, 15) is 17.7 Å². The van der Waals surface area contributed by atoms with Crippen molar-refractivity contribution < 1.29 is 17.7 Å². The Balaban J connectivity index is 3.60. The molecule has 0 rings (SSSR count). The van der Waals surface area contributed by atoms with Crippen molar-refractivity contribution in [2.45, 2.75) is 13.1 Å². The van der Waals surface area contributed by atoms with Crippen LogP contribution in [0.2, 0.25) is 0 Å². The summed E-state index contributed by atoms with van der Waals surface area (Å²) >= 11 is 0. The average molecular weight is 159 g/mol. The molecule has 1 nitrogen and oxygen atoms in total. The van der Waals surface area contributed by atoms with E-state index in [-0.39, 0.29) is 6.16 Å². The monoisotopic (exact) mass is 159 g/mol. The minimum atomic E-state index is -4.26. The standard InChI is InChI=1S/C4H7F3OP/c1-2-9(8)3-4(5,6)7/h2-3H2,1H3/q+1. The van der Waals surface area contributed by atoms with Crippen LogP contribution in [0.5, 0.6) is 0 Å². The van der Waals surface area contributed by atoms with Crippen molar-refractivity contribution in [1.82, 2.24) is 0 Å². The molecule has 0 amide bonds. The van der Waals surface area contributed by atoms with Gasteiger partial charge in [0, 0.05) is 0 Å². The third-order valence-electron chi connectivity index (χ3n) is 0.708. The Hall–Kier alpha value is -0.110. The molecule has 0 aromatic rings. The fourth-order valence-electron chi connectivity index (χ4n) is 0.312.